The van der Waals surface area contributed by atoms with E-state index in [0.717, 1.165) is 11.3 Å². The zero-order chi connectivity index (χ0) is 19.4. The molecule has 0 aliphatic rings. The summed E-state index contributed by atoms with van der Waals surface area (Å²) in [5, 5.41) is 13.8. The van der Waals surface area contributed by atoms with Crippen LogP contribution in [0.25, 0.3) is 0 Å². The van der Waals surface area contributed by atoms with Gasteiger partial charge in [0, 0.05) is 24.8 Å². The van der Waals surface area contributed by atoms with E-state index in [1.54, 1.807) is 24.0 Å². The zero-order valence-electron chi connectivity index (χ0n) is 14.5. The van der Waals surface area contributed by atoms with Gasteiger partial charge in [0.15, 0.2) is 0 Å². The van der Waals surface area contributed by atoms with Gasteiger partial charge in [-0.25, -0.2) is 0 Å². The van der Waals surface area contributed by atoms with Gasteiger partial charge in [0.1, 0.15) is 0 Å². The van der Waals surface area contributed by atoms with Gasteiger partial charge in [-0.3, -0.25) is 19.7 Å². The van der Waals surface area contributed by atoms with E-state index in [-0.39, 0.29) is 21.5 Å². The number of nitro groups is 1. The van der Waals surface area contributed by atoms with Crippen LogP contribution in [0.4, 0.5) is 11.4 Å². The molecule has 2 aromatic rings. The van der Waals surface area contributed by atoms with Gasteiger partial charge in [-0.1, -0.05) is 11.6 Å². The summed E-state index contributed by atoms with van der Waals surface area (Å²) >= 11 is 7.24. The lowest BCUT2D eigenvalue weighted by molar-refractivity contribution is -0.385. The molecule has 0 atom stereocenters. The third kappa shape index (κ3) is 4.20. The third-order valence-electron chi connectivity index (χ3n) is 3.82. The van der Waals surface area contributed by atoms with E-state index in [1.165, 1.54) is 12.1 Å². The van der Waals surface area contributed by atoms with Gasteiger partial charge in [-0.15, -0.1) is 11.3 Å². The number of hydrogen-bond donors (Lipinski definition) is 1. The fourth-order valence-corrected chi connectivity index (χ4v) is 3.55. The number of carbonyl (C=O) groups excluding carboxylic acids is 2. The molecule has 0 aliphatic carbocycles. The maximum Gasteiger partial charge on any atom is 0.283 e. The van der Waals surface area contributed by atoms with E-state index in [1.807, 2.05) is 13.8 Å². The predicted molar refractivity (Wildman–Crippen MR) is 102 cm³/mol. The number of amides is 2. The molecule has 2 rings (SSSR count). The van der Waals surface area contributed by atoms with Crippen molar-refractivity contribution in [3.8, 4) is 0 Å². The minimum absolute atomic E-state index is 0.0849. The first-order chi connectivity index (χ1) is 12.3. The SMILES string of the molecule is CCN(CC)C(=O)c1ccc(NC(=O)c2cc([N+](=O)[O-])c(C)s2)cc1Cl. The van der Waals surface area contributed by atoms with Crippen molar-refractivity contribution >= 4 is 46.1 Å². The molecule has 7 nitrogen and oxygen atoms in total. The molecule has 0 saturated heterocycles. The van der Waals surface area contributed by atoms with Crippen LogP contribution in [0.5, 0.6) is 0 Å². The number of aryl methyl sites for hydroxylation is 1. The first kappa shape index (κ1) is 19.9. The molecule has 0 unspecified atom stereocenters. The maximum absolute atomic E-state index is 12.4. The summed E-state index contributed by atoms with van der Waals surface area (Å²) in [6.07, 6.45) is 0. The van der Waals surface area contributed by atoms with E-state index in [2.05, 4.69) is 5.32 Å². The van der Waals surface area contributed by atoms with Crippen LogP contribution >= 0.6 is 22.9 Å². The highest BCUT2D eigenvalue weighted by Crippen LogP contribution is 2.29. The van der Waals surface area contributed by atoms with E-state index in [0.29, 0.717) is 29.2 Å². The number of benzene rings is 1. The Morgan fingerprint density at radius 1 is 1.27 bits per heavy atom. The Hall–Kier alpha value is -2.45. The number of thiophene rings is 1. The van der Waals surface area contributed by atoms with Crippen molar-refractivity contribution in [2.75, 3.05) is 18.4 Å². The second kappa shape index (κ2) is 8.29. The minimum Gasteiger partial charge on any atom is -0.339 e. The number of carbonyl (C=O) groups is 2. The maximum atomic E-state index is 12.4. The standard InChI is InChI=1S/C17H18ClN3O4S/c1-4-20(5-2)17(23)12-7-6-11(8-13(12)18)19-16(22)15-9-14(21(24)25)10(3)26-15/h6-9H,4-5H2,1-3H3,(H,19,22). The molecule has 1 aromatic carbocycles. The van der Waals surface area contributed by atoms with E-state index in [4.69, 9.17) is 11.6 Å². The van der Waals surface area contributed by atoms with Crippen molar-refractivity contribution < 1.29 is 14.5 Å². The van der Waals surface area contributed by atoms with Gasteiger partial charge < -0.3 is 10.2 Å². The Balaban J connectivity index is 2.19. The molecule has 1 N–H and O–H groups in total. The molecule has 1 aromatic heterocycles. The summed E-state index contributed by atoms with van der Waals surface area (Å²) in [6, 6.07) is 5.87. The minimum atomic E-state index is -0.521. The lowest BCUT2D eigenvalue weighted by Crippen LogP contribution is -2.30. The smallest absolute Gasteiger partial charge is 0.283 e. The van der Waals surface area contributed by atoms with Crippen LogP contribution in [0.15, 0.2) is 24.3 Å². The van der Waals surface area contributed by atoms with Crippen molar-refractivity contribution in [2.45, 2.75) is 20.8 Å². The van der Waals surface area contributed by atoms with Gasteiger partial charge in [-0.2, -0.15) is 0 Å². The third-order valence-corrected chi connectivity index (χ3v) is 5.17. The fraction of sp³-hybridized carbons (Fsp3) is 0.294. The second-order valence-corrected chi connectivity index (χ2v) is 7.10. The van der Waals surface area contributed by atoms with Crippen molar-refractivity contribution in [1.82, 2.24) is 4.90 Å². The van der Waals surface area contributed by atoms with E-state index in [9.17, 15) is 19.7 Å². The van der Waals surface area contributed by atoms with Gasteiger partial charge in [-0.05, 0) is 39.0 Å². The van der Waals surface area contributed by atoms with Crippen LogP contribution in [0.3, 0.4) is 0 Å². The summed E-state index contributed by atoms with van der Waals surface area (Å²) in [7, 11) is 0. The molecule has 0 bridgehead atoms. The molecule has 1 heterocycles. The highest BCUT2D eigenvalue weighted by molar-refractivity contribution is 7.14. The molecule has 0 fully saturated rings. The number of nitrogens with zero attached hydrogens (tertiary/aromatic N) is 2. The highest BCUT2D eigenvalue weighted by Gasteiger charge is 2.20. The quantitative estimate of drug-likeness (QED) is 0.581. The molecular weight excluding hydrogens is 378 g/mol. The van der Waals surface area contributed by atoms with Crippen LogP contribution in [-0.2, 0) is 0 Å². The Morgan fingerprint density at radius 3 is 2.42 bits per heavy atom. The molecule has 2 amide bonds. The van der Waals surface area contributed by atoms with Crippen LogP contribution in [0, 0.1) is 17.0 Å². The Morgan fingerprint density at radius 2 is 1.92 bits per heavy atom. The van der Waals surface area contributed by atoms with Crippen LogP contribution in [0.2, 0.25) is 5.02 Å². The summed E-state index contributed by atoms with van der Waals surface area (Å²) in [5.41, 5.74) is 0.680. The largest absolute Gasteiger partial charge is 0.339 e. The lowest BCUT2D eigenvalue weighted by atomic mass is 10.1. The average Bonchev–Trinajstić information content (AvgIpc) is 2.98. The van der Waals surface area contributed by atoms with E-state index >= 15 is 0 Å². The Labute approximate surface area is 159 Å². The van der Waals surface area contributed by atoms with Gasteiger partial charge in [0.25, 0.3) is 17.5 Å². The molecule has 0 saturated carbocycles. The van der Waals surface area contributed by atoms with Crippen LogP contribution in [-0.4, -0.2) is 34.7 Å². The lowest BCUT2D eigenvalue weighted by Gasteiger charge is -2.19. The Kier molecular flexibility index (Phi) is 6.33. The van der Waals surface area contributed by atoms with Crippen molar-refractivity contribution in [3.05, 3.63) is 54.7 Å². The van der Waals surface area contributed by atoms with Crippen molar-refractivity contribution in [3.63, 3.8) is 0 Å². The van der Waals surface area contributed by atoms with Gasteiger partial charge in [0.2, 0.25) is 0 Å². The first-order valence-corrected chi connectivity index (χ1v) is 9.12. The van der Waals surface area contributed by atoms with E-state index < -0.39 is 10.8 Å². The molecule has 26 heavy (non-hydrogen) atoms. The topological polar surface area (TPSA) is 92.6 Å². The summed E-state index contributed by atoms with van der Waals surface area (Å²) in [5.74, 6) is -0.646. The summed E-state index contributed by atoms with van der Waals surface area (Å²) < 4.78 is 0. The fourth-order valence-electron chi connectivity index (χ4n) is 2.41. The Bertz CT molecular complexity index is 862. The molecule has 0 radical (unpaired) electrons. The molecule has 0 aliphatic heterocycles. The zero-order valence-corrected chi connectivity index (χ0v) is 16.1. The summed E-state index contributed by atoms with van der Waals surface area (Å²) in [6.45, 7) is 6.49. The van der Waals surface area contributed by atoms with Crippen LogP contribution < -0.4 is 5.32 Å². The number of anilines is 1. The van der Waals surface area contributed by atoms with Gasteiger partial charge in [0.05, 0.1) is 25.3 Å². The molecule has 138 valence electrons. The summed E-state index contributed by atoms with van der Waals surface area (Å²) in [4.78, 5) is 37.4. The normalized spacial score (nSPS) is 10.5. The monoisotopic (exact) mass is 395 g/mol. The number of nitrogens with one attached hydrogen (secondary N) is 1. The average molecular weight is 396 g/mol. The van der Waals surface area contributed by atoms with Crippen molar-refractivity contribution in [2.24, 2.45) is 0 Å². The molecule has 9 heteroatoms. The molecular formula is C17H18ClN3O4S. The van der Waals surface area contributed by atoms with Crippen LogP contribution in [0.1, 0.15) is 38.8 Å². The highest BCUT2D eigenvalue weighted by atomic mass is 35.5. The number of hydrogen-bond acceptors (Lipinski definition) is 5. The van der Waals surface area contributed by atoms with Crippen molar-refractivity contribution in [1.29, 1.82) is 0 Å². The molecule has 0 spiro atoms. The predicted octanol–water partition coefficient (Wildman–Crippen LogP) is 4.35. The number of rotatable bonds is 6. The van der Waals surface area contributed by atoms with Gasteiger partial charge >= 0.3 is 0 Å². The second-order valence-electron chi connectivity index (χ2n) is 5.44. The first-order valence-electron chi connectivity index (χ1n) is 7.93. The number of halogens is 1.